The van der Waals surface area contributed by atoms with Crippen molar-refractivity contribution in [2.75, 3.05) is 50.7 Å². The van der Waals surface area contributed by atoms with Crippen LogP contribution in [0.25, 0.3) is 11.0 Å². The zero-order valence-electron chi connectivity index (χ0n) is 20.9. The number of unbranched alkanes of at least 4 members (excludes halogenated alkanes) is 2. The van der Waals surface area contributed by atoms with Crippen LogP contribution < -0.4 is 21.1 Å². The Labute approximate surface area is 207 Å². The number of aliphatic hydroxyl groups excluding tert-OH is 1. The lowest BCUT2D eigenvalue weighted by molar-refractivity contribution is 0.198. The SMILES string of the molecule is C1CCOC1.CCCCCN(CCO)c1nc(N)nc2cn(Cc3ccc(CN)cc3OC)nc12. The zero-order valence-corrected chi connectivity index (χ0v) is 20.9. The number of nitrogen functional groups attached to an aromatic ring is 1. The van der Waals surface area contributed by atoms with E-state index in [1.807, 2.05) is 34.0 Å². The Balaban J connectivity index is 0.000000607. The number of aromatic nitrogens is 4. The van der Waals surface area contributed by atoms with E-state index in [-0.39, 0.29) is 12.6 Å². The van der Waals surface area contributed by atoms with Crippen molar-refractivity contribution in [3.05, 3.63) is 35.5 Å². The Kier molecular flexibility index (Phi) is 10.5. The molecule has 1 fully saturated rings. The molecule has 35 heavy (non-hydrogen) atoms. The topological polar surface area (TPSA) is 138 Å². The van der Waals surface area contributed by atoms with Gasteiger partial charge in [-0.2, -0.15) is 10.1 Å². The second-order valence-electron chi connectivity index (χ2n) is 8.55. The third-order valence-electron chi connectivity index (χ3n) is 5.86. The second kappa shape index (κ2) is 13.8. The van der Waals surface area contributed by atoms with E-state index in [0.29, 0.717) is 36.5 Å². The second-order valence-corrected chi connectivity index (χ2v) is 8.55. The number of nitrogens with two attached hydrogens (primary N) is 2. The fraction of sp³-hybridized carbons (Fsp3) is 0.560. The van der Waals surface area contributed by atoms with E-state index in [9.17, 15) is 5.11 Å². The fourth-order valence-corrected chi connectivity index (χ4v) is 3.99. The molecular formula is C25H39N7O3. The zero-order chi connectivity index (χ0) is 25.0. The van der Waals surface area contributed by atoms with Gasteiger partial charge in [-0.1, -0.05) is 31.9 Å². The summed E-state index contributed by atoms with van der Waals surface area (Å²) in [6, 6.07) is 5.93. The monoisotopic (exact) mass is 485 g/mol. The normalized spacial score (nSPS) is 13.0. The van der Waals surface area contributed by atoms with Crippen LogP contribution >= 0.6 is 0 Å². The minimum Gasteiger partial charge on any atom is -0.496 e. The maximum Gasteiger partial charge on any atom is 0.222 e. The van der Waals surface area contributed by atoms with Crippen LogP contribution in [0, 0.1) is 0 Å². The summed E-state index contributed by atoms with van der Waals surface area (Å²) >= 11 is 0. The van der Waals surface area contributed by atoms with E-state index >= 15 is 0 Å². The Hall–Kier alpha value is -2.95. The van der Waals surface area contributed by atoms with Gasteiger partial charge in [-0.05, 0) is 30.9 Å². The molecule has 3 aromatic rings. The summed E-state index contributed by atoms with van der Waals surface area (Å²) in [7, 11) is 1.64. The van der Waals surface area contributed by atoms with E-state index < -0.39 is 0 Å². The Morgan fingerprint density at radius 2 is 1.97 bits per heavy atom. The van der Waals surface area contributed by atoms with Crippen molar-refractivity contribution in [1.29, 1.82) is 0 Å². The Morgan fingerprint density at radius 3 is 2.60 bits per heavy atom. The van der Waals surface area contributed by atoms with Crippen molar-refractivity contribution in [2.45, 2.75) is 52.1 Å². The predicted molar refractivity (Wildman–Crippen MR) is 139 cm³/mol. The fourth-order valence-electron chi connectivity index (χ4n) is 3.99. The highest BCUT2D eigenvalue weighted by atomic mass is 16.5. The molecule has 10 nitrogen and oxygen atoms in total. The van der Waals surface area contributed by atoms with Crippen molar-refractivity contribution in [2.24, 2.45) is 5.73 Å². The predicted octanol–water partition coefficient (Wildman–Crippen LogP) is 2.71. The van der Waals surface area contributed by atoms with E-state index in [0.717, 1.165) is 55.9 Å². The van der Waals surface area contributed by atoms with Gasteiger partial charge in [-0.15, -0.1) is 0 Å². The highest BCUT2D eigenvalue weighted by molar-refractivity contribution is 5.86. The molecule has 0 aliphatic carbocycles. The molecule has 0 saturated carbocycles. The number of anilines is 2. The largest absolute Gasteiger partial charge is 0.496 e. The number of methoxy groups -OCH3 is 1. The van der Waals surface area contributed by atoms with Gasteiger partial charge < -0.3 is 30.9 Å². The molecular weight excluding hydrogens is 446 g/mol. The van der Waals surface area contributed by atoms with Gasteiger partial charge in [0.25, 0.3) is 0 Å². The summed E-state index contributed by atoms with van der Waals surface area (Å²) in [5, 5.41) is 14.3. The van der Waals surface area contributed by atoms with Crippen LogP contribution in [0.1, 0.15) is 50.2 Å². The molecule has 1 aliphatic heterocycles. The van der Waals surface area contributed by atoms with Crippen molar-refractivity contribution in [3.8, 4) is 5.75 Å². The number of fused-ring (bicyclic) bond motifs is 1. The molecule has 0 atom stereocenters. The third-order valence-corrected chi connectivity index (χ3v) is 5.86. The van der Waals surface area contributed by atoms with Gasteiger partial charge >= 0.3 is 0 Å². The first-order chi connectivity index (χ1) is 17.1. The Morgan fingerprint density at radius 1 is 1.17 bits per heavy atom. The summed E-state index contributed by atoms with van der Waals surface area (Å²) < 4.78 is 12.3. The number of benzene rings is 1. The molecule has 0 amide bonds. The van der Waals surface area contributed by atoms with Crippen molar-refractivity contribution >= 4 is 22.8 Å². The smallest absolute Gasteiger partial charge is 0.222 e. The van der Waals surface area contributed by atoms with E-state index in [4.69, 9.17) is 26.0 Å². The van der Waals surface area contributed by atoms with Gasteiger partial charge in [0.15, 0.2) is 11.3 Å². The standard InChI is InChI=1S/C21H31N7O2.C4H8O/c1-3-4-5-8-27(9-10-29)20-19-17(24-21(23)25-20)14-28(26-19)13-16-7-6-15(12-22)11-18(16)30-2;1-2-4-5-3-1/h6-7,11,14,29H,3-5,8-10,12-13,22H2,1-2H3,(H2,23,24);1-4H2. The van der Waals surface area contributed by atoms with Gasteiger partial charge in [0.1, 0.15) is 11.3 Å². The van der Waals surface area contributed by atoms with E-state index in [1.54, 1.807) is 7.11 Å². The summed E-state index contributed by atoms with van der Waals surface area (Å²) in [6.07, 6.45) is 7.65. The molecule has 0 spiro atoms. The maximum atomic E-state index is 9.53. The minimum atomic E-state index is 0.0307. The molecule has 2 aromatic heterocycles. The van der Waals surface area contributed by atoms with Crippen LogP contribution in [0.15, 0.2) is 24.4 Å². The lowest BCUT2D eigenvalue weighted by Gasteiger charge is -2.23. The number of rotatable bonds is 11. The lowest BCUT2D eigenvalue weighted by Crippen LogP contribution is -2.29. The maximum absolute atomic E-state index is 9.53. The average Bonchev–Trinajstić information content (AvgIpc) is 3.57. The molecule has 10 heteroatoms. The van der Waals surface area contributed by atoms with Crippen LogP contribution in [0.4, 0.5) is 11.8 Å². The average molecular weight is 486 g/mol. The quantitative estimate of drug-likeness (QED) is 0.350. The molecule has 0 radical (unpaired) electrons. The Bertz CT molecular complexity index is 1050. The summed E-state index contributed by atoms with van der Waals surface area (Å²) in [5.74, 6) is 1.62. The molecule has 1 saturated heterocycles. The first-order valence-corrected chi connectivity index (χ1v) is 12.4. The van der Waals surface area contributed by atoms with Crippen molar-refractivity contribution in [3.63, 3.8) is 0 Å². The number of aliphatic hydroxyl groups is 1. The molecule has 0 unspecified atom stereocenters. The van der Waals surface area contributed by atoms with Crippen LogP contribution in [0.3, 0.4) is 0 Å². The van der Waals surface area contributed by atoms with Crippen LogP contribution in [-0.4, -0.2) is 64.9 Å². The lowest BCUT2D eigenvalue weighted by atomic mass is 10.1. The van der Waals surface area contributed by atoms with Gasteiger partial charge in [0.2, 0.25) is 5.95 Å². The number of hydrogen-bond donors (Lipinski definition) is 3. The number of ether oxygens (including phenoxy) is 2. The van der Waals surface area contributed by atoms with Gasteiger partial charge in [0, 0.05) is 38.4 Å². The highest BCUT2D eigenvalue weighted by Crippen LogP contribution is 2.26. The summed E-state index contributed by atoms with van der Waals surface area (Å²) in [4.78, 5) is 10.8. The summed E-state index contributed by atoms with van der Waals surface area (Å²) in [5.41, 5.74) is 15.0. The molecule has 3 heterocycles. The highest BCUT2D eigenvalue weighted by Gasteiger charge is 2.17. The molecule has 4 rings (SSSR count). The van der Waals surface area contributed by atoms with E-state index in [2.05, 4.69) is 16.9 Å². The van der Waals surface area contributed by atoms with E-state index in [1.165, 1.54) is 12.8 Å². The molecule has 1 aromatic carbocycles. The summed E-state index contributed by atoms with van der Waals surface area (Å²) in [6.45, 7) is 6.41. The number of nitrogens with zero attached hydrogens (tertiary/aromatic N) is 5. The van der Waals surface area contributed by atoms with Gasteiger partial charge in [-0.3, -0.25) is 4.68 Å². The van der Waals surface area contributed by atoms with Gasteiger partial charge in [-0.25, -0.2) is 4.98 Å². The molecule has 1 aliphatic rings. The molecule has 5 N–H and O–H groups in total. The first kappa shape index (κ1) is 26.7. The van der Waals surface area contributed by atoms with Crippen molar-refractivity contribution in [1.82, 2.24) is 19.7 Å². The molecule has 192 valence electrons. The van der Waals surface area contributed by atoms with Crippen LogP contribution in [-0.2, 0) is 17.8 Å². The minimum absolute atomic E-state index is 0.0307. The van der Waals surface area contributed by atoms with Gasteiger partial charge in [0.05, 0.1) is 26.5 Å². The van der Waals surface area contributed by atoms with Crippen LogP contribution in [0.5, 0.6) is 5.75 Å². The first-order valence-electron chi connectivity index (χ1n) is 12.4. The third kappa shape index (κ3) is 7.51. The number of hydrogen-bond acceptors (Lipinski definition) is 9. The molecule has 0 bridgehead atoms. The van der Waals surface area contributed by atoms with Crippen molar-refractivity contribution < 1.29 is 14.6 Å². The van der Waals surface area contributed by atoms with Crippen LogP contribution in [0.2, 0.25) is 0 Å².